The molecule has 2 aromatic rings. The molecule has 12 nitrogen and oxygen atoms in total. The van der Waals surface area contributed by atoms with Gasteiger partial charge in [0.2, 0.25) is 0 Å². The number of thioether (sulfide) groups is 1. The van der Waals surface area contributed by atoms with Gasteiger partial charge in [0.1, 0.15) is 23.1 Å². The van der Waals surface area contributed by atoms with Gasteiger partial charge in [0.25, 0.3) is 0 Å². The summed E-state index contributed by atoms with van der Waals surface area (Å²) in [6.07, 6.45) is -0.872. The van der Waals surface area contributed by atoms with Crippen LogP contribution in [0.4, 0.5) is 0 Å². The maximum Gasteiger partial charge on any atom is 0.303 e. The van der Waals surface area contributed by atoms with E-state index in [1.165, 1.54) is 38.3 Å². The number of carbonyl (C=O) groups is 4. The average Bonchev–Trinajstić information content (AvgIpc) is 3.16. The predicted octanol–water partition coefficient (Wildman–Crippen LogP) is 2.10. The third-order valence-corrected chi connectivity index (χ3v) is 5.80. The molecule has 0 saturated heterocycles. The smallest absolute Gasteiger partial charge is 0.303 e. The molecule has 186 valence electrons. The summed E-state index contributed by atoms with van der Waals surface area (Å²) >= 11 is 6.59. The minimum atomic E-state index is -1.32. The van der Waals surface area contributed by atoms with Crippen LogP contribution < -0.4 is 0 Å². The number of carbonyl (C=O) groups excluding carboxylic acids is 4. The van der Waals surface area contributed by atoms with Gasteiger partial charge >= 0.3 is 23.9 Å². The molecule has 0 spiro atoms. The van der Waals surface area contributed by atoms with Crippen molar-refractivity contribution in [3.05, 3.63) is 17.3 Å². The number of aromatic amines is 1. The Labute approximate surface area is 204 Å². The summed E-state index contributed by atoms with van der Waals surface area (Å²) in [7, 11) is 0. The van der Waals surface area contributed by atoms with E-state index >= 15 is 0 Å². The number of H-pyrrole nitrogens is 1. The molecule has 2 heterocycles. The van der Waals surface area contributed by atoms with Crippen LogP contribution >= 0.6 is 24.0 Å². The molecule has 0 aliphatic carbocycles. The topological polar surface area (TPSA) is 152 Å². The molecule has 0 aromatic carbocycles. The molecule has 0 fully saturated rings. The first kappa shape index (κ1) is 27.2. The number of rotatable bonds is 11. The molecule has 0 aliphatic rings. The first-order valence-corrected chi connectivity index (χ1v) is 11.7. The van der Waals surface area contributed by atoms with Gasteiger partial charge in [0.05, 0.1) is 12.7 Å². The first-order valence-electron chi connectivity index (χ1n) is 10.2. The Morgan fingerprint density at radius 2 is 1.62 bits per heavy atom. The van der Waals surface area contributed by atoms with Gasteiger partial charge in [-0.2, -0.15) is 0 Å². The monoisotopic (exact) mass is 514 g/mol. The summed E-state index contributed by atoms with van der Waals surface area (Å²) in [5, 5.41) is -0.716. The summed E-state index contributed by atoms with van der Waals surface area (Å²) in [6, 6.07) is 0. The second-order valence-electron chi connectivity index (χ2n) is 7.00. The van der Waals surface area contributed by atoms with Crippen molar-refractivity contribution in [2.45, 2.75) is 58.3 Å². The van der Waals surface area contributed by atoms with Crippen molar-refractivity contribution in [3.63, 3.8) is 0 Å². The Kier molecular flexibility index (Phi) is 9.98. The third kappa shape index (κ3) is 7.25. The molecule has 0 radical (unpaired) electrons. The zero-order valence-electron chi connectivity index (χ0n) is 19.3. The molecule has 2 rings (SSSR count). The summed E-state index contributed by atoms with van der Waals surface area (Å²) in [5.41, 5.74) is 0.912. The van der Waals surface area contributed by atoms with Crippen molar-refractivity contribution >= 4 is 59.0 Å². The van der Waals surface area contributed by atoms with Gasteiger partial charge in [-0.1, -0.05) is 19.1 Å². The van der Waals surface area contributed by atoms with Crippen LogP contribution in [0.5, 0.6) is 0 Å². The maximum absolute atomic E-state index is 12.1. The van der Waals surface area contributed by atoms with E-state index in [2.05, 4.69) is 15.0 Å². The van der Waals surface area contributed by atoms with Crippen LogP contribution in [0.3, 0.4) is 0 Å². The number of fused-ring (bicyclic) bond motifs is 1. The molecule has 34 heavy (non-hydrogen) atoms. The zero-order valence-corrected chi connectivity index (χ0v) is 20.9. The number of hydrogen-bond acceptors (Lipinski definition) is 12. The van der Waals surface area contributed by atoms with Crippen molar-refractivity contribution in [1.82, 2.24) is 19.5 Å². The molecule has 0 aliphatic heterocycles. The lowest BCUT2D eigenvalue weighted by atomic mass is 10.1. The molecule has 14 heteroatoms. The Balaban J connectivity index is 2.65. The number of hydrogen-bond donors (Lipinski definition) is 1. The fraction of sp³-hybridized carbons (Fsp3) is 0.550. The Morgan fingerprint density at radius 1 is 1.00 bits per heavy atom. The van der Waals surface area contributed by atoms with Gasteiger partial charge in [-0.05, 0) is 5.75 Å². The van der Waals surface area contributed by atoms with Crippen molar-refractivity contribution in [2.24, 2.45) is 0 Å². The summed E-state index contributed by atoms with van der Waals surface area (Å²) in [5.74, 6) is -2.18. The van der Waals surface area contributed by atoms with Crippen LogP contribution in [-0.2, 0) is 38.1 Å². The minimum Gasteiger partial charge on any atom is -0.462 e. The average molecular weight is 515 g/mol. The fourth-order valence-corrected chi connectivity index (χ4v) is 4.47. The van der Waals surface area contributed by atoms with E-state index in [4.69, 9.17) is 31.2 Å². The van der Waals surface area contributed by atoms with E-state index in [1.807, 2.05) is 6.92 Å². The highest BCUT2D eigenvalue weighted by atomic mass is 32.2. The molecule has 0 saturated carbocycles. The van der Waals surface area contributed by atoms with Crippen molar-refractivity contribution < 1.29 is 38.1 Å². The van der Waals surface area contributed by atoms with Gasteiger partial charge in [0.15, 0.2) is 23.0 Å². The van der Waals surface area contributed by atoms with E-state index in [0.717, 1.165) is 13.8 Å². The van der Waals surface area contributed by atoms with Crippen LogP contribution in [0, 0.1) is 4.64 Å². The lowest BCUT2D eigenvalue weighted by Crippen LogP contribution is -2.50. The van der Waals surface area contributed by atoms with Crippen molar-refractivity contribution in [2.75, 3.05) is 12.4 Å². The number of esters is 4. The van der Waals surface area contributed by atoms with Gasteiger partial charge in [-0.25, -0.2) is 9.97 Å². The Hall–Kier alpha value is -3.00. The standard InChI is InChI=1S/C20H26N4O8S2/c1-6-34-20(24-9-23-15-18(24)21-8-22-19(15)33)17(32-13(5)28)16(31-12(4)27)14(30-11(3)26)7-29-10(2)25/h8-9,14,16-17,20H,6-7H2,1-5H3,(H,21,22,33). The number of imidazole rings is 1. The van der Waals surface area contributed by atoms with Crippen LogP contribution in [0.1, 0.15) is 40.0 Å². The molecule has 2 aromatic heterocycles. The van der Waals surface area contributed by atoms with E-state index in [9.17, 15) is 19.2 Å². The van der Waals surface area contributed by atoms with E-state index < -0.39 is 54.2 Å². The number of ether oxygens (including phenoxy) is 4. The first-order chi connectivity index (χ1) is 16.0. The van der Waals surface area contributed by atoms with Crippen LogP contribution in [-0.4, -0.2) is 74.1 Å². The highest BCUT2D eigenvalue weighted by Crippen LogP contribution is 2.35. The van der Waals surface area contributed by atoms with Crippen LogP contribution in [0.15, 0.2) is 12.7 Å². The Morgan fingerprint density at radius 3 is 2.18 bits per heavy atom. The van der Waals surface area contributed by atoms with Crippen molar-refractivity contribution in [3.8, 4) is 0 Å². The lowest BCUT2D eigenvalue weighted by molar-refractivity contribution is -0.190. The Bertz CT molecular complexity index is 1100. The molecule has 4 unspecified atom stereocenters. The van der Waals surface area contributed by atoms with Gasteiger partial charge in [-0.15, -0.1) is 11.8 Å². The van der Waals surface area contributed by atoms with Gasteiger partial charge < -0.3 is 28.5 Å². The maximum atomic E-state index is 12.1. The summed E-state index contributed by atoms with van der Waals surface area (Å²) in [4.78, 5) is 58.7. The summed E-state index contributed by atoms with van der Waals surface area (Å²) in [6.45, 7) is 6.15. The largest absolute Gasteiger partial charge is 0.462 e. The number of nitrogens with one attached hydrogen (secondary N) is 1. The second-order valence-corrected chi connectivity index (χ2v) is 8.78. The SMILES string of the molecule is CCSC(C(OC(C)=O)C(OC(C)=O)C(COC(C)=O)OC(C)=O)n1cnc2c(=S)nc[nH]c21. The van der Waals surface area contributed by atoms with Crippen molar-refractivity contribution in [1.29, 1.82) is 0 Å². The van der Waals surface area contributed by atoms with E-state index in [0.29, 0.717) is 16.9 Å². The fourth-order valence-electron chi connectivity index (χ4n) is 3.20. The highest BCUT2D eigenvalue weighted by molar-refractivity contribution is 7.99. The molecule has 4 atom stereocenters. The van der Waals surface area contributed by atoms with E-state index in [1.54, 1.807) is 4.57 Å². The quantitative estimate of drug-likeness (QED) is 0.265. The molecule has 0 amide bonds. The lowest BCUT2D eigenvalue weighted by Gasteiger charge is -2.36. The van der Waals surface area contributed by atoms with Crippen LogP contribution in [0.25, 0.3) is 11.2 Å². The zero-order chi connectivity index (χ0) is 25.4. The molecular formula is C20H26N4O8S2. The number of nitrogens with zero attached hydrogens (tertiary/aromatic N) is 3. The van der Waals surface area contributed by atoms with Gasteiger partial charge in [-0.3, -0.25) is 19.2 Å². The molecule has 1 N–H and O–H groups in total. The van der Waals surface area contributed by atoms with E-state index in [-0.39, 0.29) is 4.64 Å². The number of aromatic nitrogens is 4. The third-order valence-electron chi connectivity index (χ3n) is 4.33. The minimum absolute atomic E-state index is 0.265. The molecular weight excluding hydrogens is 488 g/mol. The van der Waals surface area contributed by atoms with Crippen LogP contribution in [0.2, 0.25) is 0 Å². The van der Waals surface area contributed by atoms with Gasteiger partial charge in [0, 0.05) is 27.7 Å². The normalized spacial score (nSPS) is 14.5. The summed E-state index contributed by atoms with van der Waals surface area (Å²) < 4.78 is 23.4. The second kappa shape index (κ2) is 12.5. The molecule has 0 bridgehead atoms. The highest BCUT2D eigenvalue weighted by Gasteiger charge is 2.43. The predicted molar refractivity (Wildman–Crippen MR) is 123 cm³/mol.